The van der Waals surface area contributed by atoms with Gasteiger partial charge < -0.3 is 14.2 Å². The largest absolute Gasteiger partial charge is 0.462 e. The van der Waals surface area contributed by atoms with Crippen LogP contribution >= 0.6 is 0 Å². The molecule has 0 spiro atoms. The molecule has 0 radical (unpaired) electrons. The molecular weight excluding hydrogens is 877 g/mol. The van der Waals surface area contributed by atoms with Crippen molar-refractivity contribution in [2.45, 2.75) is 348 Å². The maximum absolute atomic E-state index is 12.9. The number of carbonyl (C=O) groups is 3. The fraction of sp³-hybridized carbons (Fsp3) is 0.862. The maximum atomic E-state index is 12.9. The fourth-order valence-electron chi connectivity index (χ4n) is 9.46. The molecule has 0 N–H and O–H groups in total. The average molecular weight is 998 g/mol. The highest BCUT2D eigenvalue weighted by molar-refractivity contribution is 5.71. The van der Waals surface area contributed by atoms with E-state index in [0.717, 1.165) is 96.3 Å². The van der Waals surface area contributed by atoms with Crippen LogP contribution in [0.5, 0.6) is 0 Å². The zero-order valence-corrected chi connectivity index (χ0v) is 47.8. The Bertz CT molecular complexity index is 1190. The van der Waals surface area contributed by atoms with E-state index in [1.165, 1.54) is 205 Å². The highest BCUT2D eigenvalue weighted by atomic mass is 16.6. The molecule has 0 fully saturated rings. The van der Waals surface area contributed by atoms with Crippen LogP contribution in [0.1, 0.15) is 342 Å². The number of hydrogen-bond donors (Lipinski definition) is 0. The summed E-state index contributed by atoms with van der Waals surface area (Å²) in [5, 5.41) is 0. The number of carbonyl (C=O) groups excluding carboxylic acids is 3. The van der Waals surface area contributed by atoms with E-state index in [4.69, 9.17) is 14.2 Å². The molecule has 416 valence electrons. The molecule has 0 aliphatic carbocycles. The molecule has 0 rings (SSSR count). The van der Waals surface area contributed by atoms with Gasteiger partial charge in [-0.1, -0.05) is 308 Å². The summed E-state index contributed by atoms with van der Waals surface area (Å²) in [6, 6.07) is 0. The van der Waals surface area contributed by atoms with Crippen molar-refractivity contribution in [2.75, 3.05) is 13.2 Å². The fourth-order valence-corrected chi connectivity index (χ4v) is 9.46. The number of allylic oxidation sites excluding steroid dienone is 6. The Morgan fingerprint density at radius 3 is 0.859 bits per heavy atom. The summed E-state index contributed by atoms with van der Waals surface area (Å²) in [5.41, 5.74) is 0. The lowest BCUT2D eigenvalue weighted by Crippen LogP contribution is -2.30. The van der Waals surface area contributed by atoms with Crippen molar-refractivity contribution >= 4 is 17.9 Å². The van der Waals surface area contributed by atoms with E-state index in [-0.39, 0.29) is 31.1 Å². The number of ether oxygens (including phenoxy) is 3. The molecule has 0 aromatic rings. The number of esters is 3. The summed E-state index contributed by atoms with van der Waals surface area (Å²) in [6.07, 6.45) is 72.9. The predicted molar refractivity (Wildman–Crippen MR) is 307 cm³/mol. The molecular formula is C65H120O6. The summed E-state index contributed by atoms with van der Waals surface area (Å²) in [5.74, 6) is -0.865. The van der Waals surface area contributed by atoms with Gasteiger partial charge in [0.15, 0.2) is 6.10 Å². The summed E-state index contributed by atoms with van der Waals surface area (Å²) in [7, 11) is 0. The van der Waals surface area contributed by atoms with Gasteiger partial charge >= 0.3 is 17.9 Å². The van der Waals surface area contributed by atoms with Crippen molar-refractivity contribution in [3.05, 3.63) is 36.5 Å². The second kappa shape index (κ2) is 60.2. The van der Waals surface area contributed by atoms with Gasteiger partial charge in [0.05, 0.1) is 0 Å². The van der Waals surface area contributed by atoms with Crippen molar-refractivity contribution in [1.82, 2.24) is 0 Å². The van der Waals surface area contributed by atoms with E-state index in [2.05, 4.69) is 57.2 Å². The van der Waals surface area contributed by atoms with E-state index in [9.17, 15) is 14.4 Å². The highest BCUT2D eigenvalue weighted by Gasteiger charge is 2.19. The summed E-state index contributed by atoms with van der Waals surface area (Å²) in [4.78, 5) is 38.3. The first-order chi connectivity index (χ1) is 35.0. The van der Waals surface area contributed by atoms with E-state index < -0.39 is 6.10 Å². The normalized spacial score (nSPS) is 12.2. The van der Waals surface area contributed by atoms with Crippen LogP contribution in [0.15, 0.2) is 36.5 Å². The van der Waals surface area contributed by atoms with E-state index >= 15 is 0 Å². The van der Waals surface area contributed by atoms with Gasteiger partial charge in [-0.2, -0.15) is 0 Å². The standard InChI is InChI=1S/C65H120O6/c1-4-7-10-13-16-19-22-25-28-30-31-32-33-35-37-40-43-46-49-52-55-58-64(67)70-61-62(60-69-63(66)57-54-51-48-45-42-39-36-27-24-21-18-15-12-9-6-3)71-65(68)59-56-53-50-47-44-41-38-34-29-26-23-20-17-14-11-8-5-2/h9,12,18,21,27,36,62H,4-8,10-11,13-17,19-20,22-26,28-35,37-61H2,1-3H3/b12-9-,21-18-,36-27-/t62-/m1/s1. The first-order valence-corrected chi connectivity index (χ1v) is 31.5. The third-order valence-corrected chi connectivity index (χ3v) is 14.2. The minimum absolute atomic E-state index is 0.0722. The quantitative estimate of drug-likeness (QED) is 0.0261. The lowest BCUT2D eigenvalue weighted by atomic mass is 10.0. The monoisotopic (exact) mass is 997 g/mol. The number of rotatable bonds is 58. The van der Waals surface area contributed by atoms with Crippen LogP contribution in [-0.2, 0) is 28.6 Å². The molecule has 6 heteroatoms. The summed E-state index contributed by atoms with van der Waals surface area (Å²) < 4.78 is 16.9. The highest BCUT2D eigenvalue weighted by Crippen LogP contribution is 2.18. The predicted octanol–water partition coefficient (Wildman–Crippen LogP) is 21.2. The zero-order valence-electron chi connectivity index (χ0n) is 47.8. The van der Waals surface area contributed by atoms with Crippen molar-refractivity contribution in [3.8, 4) is 0 Å². The van der Waals surface area contributed by atoms with Gasteiger partial charge in [-0.3, -0.25) is 14.4 Å². The topological polar surface area (TPSA) is 78.9 Å². The first kappa shape index (κ1) is 68.6. The molecule has 0 unspecified atom stereocenters. The van der Waals surface area contributed by atoms with Crippen LogP contribution in [0.25, 0.3) is 0 Å². The van der Waals surface area contributed by atoms with Crippen molar-refractivity contribution < 1.29 is 28.6 Å². The molecule has 71 heavy (non-hydrogen) atoms. The minimum Gasteiger partial charge on any atom is -0.462 e. The Hall–Kier alpha value is -2.37. The third-order valence-electron chi connectivity index (χ3n) is 14.2. The minimum atomic E-state index is -0.776. The van der Waals surface area contributed by atoms with Crippen LogP contribution < -0.4 is 0 Å². The molecule has 0 aromatic carbocycles. The zero-order chi connectivity index (χ0) is 51.4. The molecule has 0 amide bonds. The van der Waals surface area contributed by atoms with Gasteiger partial charge in [0.2, 0.25) is 0 Å². The molecule has 1 atom stereocenters. The Labute approximate surface area is 442 Å². The van der Waals surface area contributed by atoms with Gasteiger partial charge in [-0.15, -0.1) is 0 Å². The van der Waals surface area contributed by atoms with Crippen LogP contribution in [0.2, 0.25) is 0 Å². The lowest BCUT2D eigenvalue weighted by Gasteiger charge is -2.18. The first-order valence-electron chi connectivity index (χ1n) is 31.5. The Balaban J connectivity index is 4.30. The van der Waals surface area contributed by atoms with Gasteiger partial charge in [-0.25, -0.2) is 0 Å². The second-order valence-electron chi connectivity index (χ2n) is 21.3. The Morgan fingerprint density at radius 1 is 0.296 bits per heavy atom. The van der Waals surface area contributed by atoms with E-state index in [1.807, 2.05) is 0 Å². The SMILES string of the molecule is CC/C=C\C/C=C\C/C=C\CCCCCCCC(=O)OC[C@H](COC(=O)CCCCCCCCCCCCCCCCCCCCCCC)OC(=O)CCCCCCCCCCCCCCCCCCC. The van der Waals surface area contributed by atoms with Gasteiger partial charge in [-0.05, 0) is 51.4 Å². The molecule has 0 heterocycles. The Kier molecular flexibility index (Phi) is 58.2. The molecule has 0 bridgehead atoms. The smallest absolute Gasteiger partial charge is 0.306 e. The van der Waals surface area contributed by atoms with Crippen LogP contribution in [0.4, 0.5) is 0 Å². The van der Waals surface area contributed by atoms with Gasteiger partial charge in [0.25, 0.3) is 0 Å². The van der Waals surface area contributed by atoms with Crippen molar-refractivity contribution in [3.63, 3.8) is 0 Å². The van der Waals surface area contributed by atoms with E-state index in [0.29, 0.717) is 19.3 Å². The summed E-state index contributed by atoms with van der Waals surface area (Å²) >= 11 is 0. The lowest BCUT2D eigenvalue weighted by molar-refractivity contribution is -0.167. The van der Waals surface area contributed by atoms with Crippen molar-refractivity contribution in [1.29, 1.82) is 0 Å². The van der Waals surface area contributed by atoms with E-state index in [1.54, 1.807) is 0 Å². The number of hydrogen-bond acceptors (Lipinski definition) is 6. The van der Waals surface area contributed by atoms with Crippen LogP contribution in [0, 0.1) is 0 Å². The number of unbranched alkanes of at least 4 members (excludes halogenated alkanes) is 41. The molecule has 6 nitrogen and oxygen atoms in total. The molecule has 0 aliphatic heterocycles. The van der Waals surface area contributed by atoms with Crippen LogP contribution in [0.3, 0.4) is 0 Å². The molecule has 0 aliphatic rings. The molecule has 0 saturated heterocycles. The summed E-state index contributed by atoms with van der Waals surface area (Å²) in [6.45, 7) is 6.58. The Morgan fingerprint density at radius 2 is 0.549 bits per heavy atom. The second-order valence-corrected chi connectivity index (χ2v) is 21.3. The van der Waals surface area contributed by atoms with Crippen molar-refractivity contribution in [2.24, 2.45) is 0 Å². The van der Waals surface area contributed by atoms with Crippen LogP contribution in [-0.4, -0.2) is 37.2 Å². The average Bonchev–Trinajstić information content (AvgIpc) is 3.37. The molecule has 0 saturated carbocycles. The maximum Gasteiger partial charge on any atom is 0.306 e. The third kappa shape index (κ3) is 58.4. The van der Waals surface area contributed by atoms with Gasteiger partial charge in [0, 0.05) is 19.3 Å². The molecule has 0 aromatic heterocycles. The van der Waals surface area contributed by atoms with Gasteiger partial charge in [0.1, 0.15) is 13.2 Å².